The lowest BCUT2D eigenvalue weighted by molar-refractivity contribution is -0.138. The van der Waals surface area contributed by atoms with Gasteiger partial charge in [0.25, 0.3) is 0 Å². The standard InChI is InChI=1S/C22H19Br2NO6/c1-3-28-20-10-14(9-15(12-25)22(27)29-4-2)5-7-19(20)31-21(26)13-30-18-8-6-16(23)11-17(18)24/h5-11H,3-4,13H2,1-2H3/b15-9+. The Labute approximate surface area is 196 Å². The smallest absolute Gasteiger partial charge is 0.349 e. The third-order valence-electron chi connectivity index (χ3n) is 3.66. The predicted molar refractivity (Wildman–Crippen MR) is 121 cm³/mol. The SMILES string of the molecule is CCOC(=O)/C(C#N)=C/c1ccc(OC(=O)COc2ccc(Br)cc2Br)c(OCC)c1. The van der Waals surface area contributed by atoms with E-state index in [1.165, 1.54) is 12.1 Å². The molecule has 0 N–H and O–H groups in total. The highest BCUT2D eigenvalue weighted by Gasteiger charge is 2.15. The summed E-state index contributed by atoms with van der Waals surface area (Å²) in [6.45, 7) is 3.61. The molecule has 2 rings (SSSR count). The summed E-state index contributed by atoms with van der Waals surface area (Å²) < 4.78 is 22.8. The fraction of sp³-hybridized carbons (Fsp3) is 0.227. The number of hydrogen-bond donors (Lipinski definition) is 0. The summed E-state index contributed by atoms with van der Waals surface area (Å²) in [6, 6.07) is 11.8. The van der Waals surface area contributed by atoms with Crippen LogP contribution < -0.4 is 14.2 Å². The molecule has 0 spiro atoms. The quantitative estimate of drug-likeness (QED) is 0.185. The van der Waals surface area contributed by atoms with Gasteiger partial charge in [0.05, 0.1) is 17.7 Å². The fourth-order valence-corrected chi connectivity index (χ4v) is 3.52. The second-order valence-corrected chi connectivity index (χ2v) is 7.64. The minimum absolute atomic E-state index is 0.150. The lowest BCUT2D eigenvalue weighted by atomic mass is 10.1. The number of carbonyl (C=O) groups is 2. The molecule has 7 nitrogen and oxygen atoms in total. The van der Waals surface area contributed by atoms with Gasteiger partial charge in [-0.2, -0.15) is 5.26 Å². The maximum atomic E-state index is 12.2. The van der Waals surface area contributed by atoms with Gasteiger partial charge >= 0.3 is 11.9 Å². The van der Waals surface area contributed by atoms with Crippen LogP contribution in [0.15, 0.2) is 50.9 Å². The van der Waals surface area contributed by atoms with Gasteiger partial charge in [-0.15, -0.1) is 0 Å². The van der Waals surface area contributed by atoms with Gasteiger partial charge in [-0.3, -0.25) is 0 Å². The third kappa shape index (κ3) is 7.42. The second kappa shape index (κ2) is 12.1. The fourth-order valence-electron chi connectivity index (χ4n) is 2.36. The molecule has 0 saturated heterocycles. The molecule has 0 aliphatic heterocycles. The molecule has 9 heteroatoms. The first-order chi connectivity index (χ1) is 14.9. The summed E-state index contributed by atoms with van der Waals surface area (Å²) in [5.74, 6) is -0.362. The zero-order valence-corrected chi connectivity index (χ0v) is 20.0. The van der Waals surface area contributed by atoms with E-state index >= 15 is 0 Å². The van der Waals surface area contributed by atoms with E-state index in [2.05, 4.69) is 31.9 Å². The lowest BCUT2D eigenvalue weighted by Gasteiger charge is -2.12. The van der Waals surface area contributed by atoms with Crippen molar-refractivity contribution in [2.45, 2.75) is 13.8 Å². The molecular weight excluding hydrogens is 534 g/mol. The minimum atomic E-state index is -0.713. The molecule has 0 heterocycles. The second-order valence-electron chi connectivity index (χ2n) is 5.87. The predicted octanol–water partition coefficient (Wildman–Crippen LogP) is 5.06. The molecule has 0 unspecified atom stereocenters. The highest BCUT2D eigenvalue weighted by molar-refractivity contribution is 9.11. The van der Waals surface area contributed by atoms with Crippen molar-refractivity contribution in [2.75, 3.05) is 19.8 Å². The number of carbonyl (C=O) groups excluding carboxylic acids is 2. The van der Waals surface area contributed by atoms with Gasteiger partial charge in [0.15, 0.2) is 18.1 Å². The van der Waals surface area contributed by atoms with E-state index in [-0.39, 0.29) is 30.3 Å². The van der Waals surface area contributed by atoms with E-state index < -0.39 is 11.9 Å². The van der Waals surface area contributed by atoms with Crippen LogP contribution in [0.3, 0.4) is 0 Å². The molecule has 0 aliphatic rings. The average Bonchev–Trinajstić information content (AvgIpc) is 2.73. The Hall–Kier alpha value is -2.83. The Morgan fingerprint density at radius 1 is 1.00 bits per heavy atom. The van der Waals surface area contributed by atoms with Crippen molar-refractivity contribution in [2.24, 2.45) is 0 Å². The van der Waals surface area contributed by atoms with E-state index in [1.807, 2.05) is 6.07 Å². The number of hydrogen-bond acceptors (Lipinski definition) is 7. The summed E-state index contributed by atoms with van der Waals surface area (Å²) >= 11 is 6.71. The van der Waals surface area contributed by atoms with E-state index in [0.717, 1.165) is 4.47 Å². The van der Waals surface area contributed by atoms with Crippen LogP contribution in [0.4, 0.5) is 0 Å². The largest absolute Gasteiger partial charge is 0.490 e. The number of ether oxygens (including phenoxy) is 4. The lowest BCUT2D eigenvalue weighted by Crippen LogP contribution is -2.18. The van der Waals surface area contributed by atoms with Crippen LogP contribution in [0.1, 0.15) is 19.4 Å². The summed E-state index contributed by atoms with van der Waals surface area (Å²) in [7, 11) is 0. The van der Waals surface area contributed by atoms with E-state index in [9.17, 15) is 14.9 Å². The van der Waals surface area contributed by atoms with Gasteiger partial charge in [-0.1, -0.05) is 22.0 Å². The van der Waals surface area contributed by atoms with E-state index in [4.69, 9.17) is 18.9 Å². The van der Waals surface area contributed by atoms with Crippen molar-refractivity contribution in [1.82, 2.24) is 0 Å². The number of benzene rings is 2. The number of halogens is 2. The van der Waals surface area contributed by atoms with Crippen LogP contribution in [-0.2, 0) is 14.3 Å². The van der Waals surface area contributed by atoms with Gasteiger partial charge in [0, 0.05) is 4.47 Å². The molecule has 31 heavy (non-hydrogen) atoms. The highest BCUT2D eigenvalue weighted by atomic mass is 79.9. The molecule has 0 saturated carbocycles. The Balaban J connectivity index is 2.14. The summed E-state index contributed by atoms with van der Waals surface area (Å²) in [6.07, 6.45) is 1.38. The van der Waals surface area contributed by atoms with Crippen molar-refractivity contribution >= 4 is 49.9 Å². The first-order valence-corrected chi connectivity index (χ1v) is 10.8. The number of nitrogens with zero attached hydrogens (tertiary/aromatic N) is 1. The molecule has 162 valence electrons. The highest BCUT2D eigenvalue weighted by Crippen LogP contribution is 2.31. The van der Waals surface area contributed by atoms with Crippen LogP contribution >= 0.6 is 31.9 Å². The molecule has 0 atom stereocenters. The molecule has 2 aromatic carbocycles. The molecule has 0 aliphatic carbocycles. The van der Waals surface area contributed by atoms with E-state index in [1.54, 1.807) is 44.2 Å². The Bertz CT molecular complexity index is 1030. The zero-order chi connectivity index (χ0) is 22.8. The zero-order valence-electron chi connectivity index (χ0n) is 16.8. The van der Waals surface area contributed by atoms with Crippen LogP contribution in [0, 0.1) is 11.3 Å². The molecule has 0 amide bonds. The Morgan fingerprint density at radius 2 is 1.74 bits per heavy atom. The average molecular weight is 553 g/mol. The van der Waals surface area contributed by atoms with Crippen LogP contribution in [0.25, 0.3) is 6.08 Å². The van der Waals surface area contributed by atoms with E-state index in [0.29, 0.717) is 22.4 Å². The van der Waals surface area contributed by atoms with Gasteiger partial charge in [0.2, 0.25) is 0 Å². The summed E-state index contributed by atoms with van der Waals surface area (Å²) in [5, 5.41) is 9.18. The molecule has 0 fully saturated rings. The number of nitriles is 1. The maximum Gasteiger partial charge on any atom is 0.349 e. The van der Waals surface area contributed by atoms with Gasteiger partial charge in [0.1, 0.15) is 17.4 Å². The monoisotopic (exact) mass is 551 g/mol. The van der Waals surface area contributed by atoms with Crippen LogP contribution in [0.5, 0.6) is 17.2 Å². The van der Waals surface area contributed by atoms with Crippen molar-refractivity contribution < 1.29 is 28.5 Å². The number of esters is 2. The van der Waals surface area contributed by atoms with Crippen molar-refractivity contribution in [3.05, 3.63) is 56.5 Å². The first-order valence-electron chi connectivity index (χ1n) is 9.22. The Morgan fingerprint density at radius 3 is 2.39 bits per heavy atom. The minimum Gasteiger partial charge on any atom is -0.490 e. The third-order valence-corrected chi connectivity index (χ3v) is 4.77. The van der Waals surface area contributed by atoms with Gasteiger partial charge < -0.3 is 18.9 Å². The summed E-state index contributed by atoms with van der Waals surface area (Å²) in [4.78, 5) is 24.0. The van der Waals surface area contributed by atoms with Crippen molar-refractivity contribution in [3.63, 3.8) is 0 Å². The van der Waals surface area contributed by atoms with Crippen molar-refractivity contribution in [1.29, 1.82) is 5.26 Å². The topological polar surface area (TPSA) is 94.9 Å². The molecule has 2 aromatic rings. The van der Waals surface area contributed by atoms with Crippen molar-refractivity contribution in [3.8, 4) is 23.3 Å². The van der Waals surface area contributed by atoms with Crippen LogP contribution in [0.2, 0.25) is 0 Å². The molecular formula is C22H19Br2NO6. The first kappa shape index (κ1) is 24.4. The Kier molecular flexibility index (Phi) is 9.56. The summed E-state index contributed by atoms with van der Waals surface area (Å²) in [5.41, 5.74) is 0.366. The molecule has 0 radical (unpaired) electrons. The number of rotatable bonds is 9. The normalized spacial score (nSPS) is 10.7. The maximum absolute atomic E-state index is 12.2. The van der Waals surface area contributed by atoms with Gasteiger partial charge in [-0.05, 0) is 71.7 Å². The van der Waals surface area contributed by atoms with Gasteiger partial charge in [-0.25, -0.2) is 9.59 Å². The molecule has 0 bridgehead atoms. The van der Waals surface area contributed by atoms with Crippen LogP contribution in [-0.4, -0.2) is 31.8 Å². The molecule has 0 aromatic heterocycles.